The highest BCUT2D eigenvalue weighted by Crippen LogP contribution is 2.24. The molecule has 0 aromatic heterocycles. The first-order valence-corrected chi connectivity index (χ1v) is 6.97. The van der Waals surface area contributed by atoms with Crippen LogP contribution in [0, 0.1) is 12.7 Å². The molecule has 2 aromatic rings. The van der Waals surface area contributed by atoms with Crippen molar-refractivity contribution in [1.29, 1.82) is 0 Å². The van der Waals surface area contributed by atoms with E-state index >= 15 is 0 Å². The third kappa shape index (κ3) is 3.56. The molecule has 0 unspecified atom stereocenters. The van der Waals surface area contributed by atoms with Gasteiger partial charge < -0.3 is 4.74 Å². The van der Waals surface area contributed by atoms with E-state index in [4.69, 9.17) is 4.74 Å². The Bertz CT molecular complexity index is 549. The molecule has 4 heteroatoms. The Kier molecular flexibility index (Phi) is 4.40. The number of hydrogen-bond donors (Lipinski definition) is 0. The maximum absolute atomic E-state index is 13.2. The molecule has 0 spiro atoms. The minimum absolute atomic E-state index is 0.270. The van der Waals surface area contributed by atoms with Gasteiger partial charge in [-0.15, -0.1) is 0 Å². The van der Waals surface area contributed by atoms with Crippen molar-refractivity contribution in [1.82, 2.24) is 0 Å². The third-order valence-corrected chi connectivity index (χ3v) is 3.42. The van der Waals surface area contributed by atoms with E-state index in [1.165, 1.54) is 12.1 Å². The van der Waals surface area contributed by atoms with Gasteiger partial charge in [0.15, 0.2) is 0 Å². The Morgan fingerprint density at radius 1 is 1.06 bits per heavy atom. The van der Waals surface area contributed by atoms with E-state index < -0.39 is 0 Å². The number of rotatable bonds is 3. The zero-order chi connectivity index (χ0) is 13.1. The van der Waals surface area contributed by atoms with Gasteiger partial charge in [-0.05, 0) is 48.4 Å². The van der Waals surface area contributed by atoms with E-state index in [1.807, 2.05) is 31.2 Å². The SMILES string of the molecule is Cc1ccc(Br)cc1OCc1cc(F)cc(Br)c1. The van der Waals surface area contributed by atoms with Gasteiger partial charge in [-0.2, -0.15) is 0 Å². The molecule has 0 N–H and O–H groups in total. The molecule has 0 heterocycles. The standard InChI is InChI=1S/C14H11Br2FO/c1-9-2-3-11(15)7-14(9)18-8-10-4-12(16)6-13(17)5-10/h2-7H,8H2,1H3. The van der Waals surface area contributed by atoms with Crippen LogP contribution in [-0.2, 0) is 6.61 Å². The summed E-state index contributed by atoms with van der Waals surface area (Å²) in [4.78, 5) is 0. The van der Waals surface area contributed by atoms with Crippen molar-refractivity contribution in [3.63, 3.8) is 0 Å². The van der Waals surface area contributed by atoms with Crippen LogP contribution in [0.15, 0.2) is 45.3 Å². The molecule has 2 aromatic carbocycles. The van der Waals surface area contributed by atoms with Gasteiger partial charge in [0.2, 0.25) is 0 Å². The lowest BCUT2D eigenvalue weighted by atomic mass is 10.2. The van der Waals surface area contributed by atoms with Crippen LogP contribution in [0.25, 0.3) is 0 Å². The normalized spacial score (nSPS) is 10.4. The second-order valence-corrected chi connectivity index (χ2v) is 5.81. The van der Waals surface area contributed by atoms with E-state index in [2.05, 4.69) is 31.9 Å². The monoisotopic (exact) mass is 372 g/mol. The summed E-state index contributed by atoms with van der Waals surface area (Å²) >= 11 is 6.66. The first-order valence-electron chi connectivity index (χ1n) is 5.38. The van der Waals surface area contributed by atoms with Crippen LogP contribution in [-0.4, -0.2) is 0 Å². The fourth-order valence-electron chi connectivity index (χ4n) is 1.58. The lowest BCUT2D eigenvalue weighted by Crippen LogP contribution is -1.97. The maximum atomic E-state index is 13.2. The zero-order valence-electron chi connectivity index (χ0n) is 9.71. The van der Waals surface area contributed by atoms with Gasteiger partial charge in [0.1, 0.15) is 18.2 Å². The number of ether oxygens (including phenoxy) is 1. The zero-order valence-corrected chi connectivity index (χ0v) is 12.9. The van der Waals surface area contributed by atoms with Crippen molar-refractivity contribution in [2.75, 3.05) is 0 Å². The van der Waals surface area contributed by atoms with Crippen molar-refractivity contribution in [3.8, 4) is 5.75 Å². The average molecular weight is 374 g/mol. The van der Waals surface area contributed by atoms with Gasteiger partial charge in [0, 0.05) is 8.95 Å². The quantitative estimate of drug-likeness (QED) is 0.714. The number of hydrogen-bond acceptors (Lipinski definition) is 1. The largest absolute Gasteiger partial charge is 0.489 e. The molecule has 0 aliphatic rings. The first kappa shape index (κ1) is 13.6. The smallest absolute Gasteiger partial charge is 0.124 e. The van der Waals surface area contributed by atoms with E-state index in [0.29, 0.717) is 11.1 Å². The Morgan fingerprint density at radius 3 is 2.56 bits per heavy atom. The fourth-order valence-corrected chi connectivity index (χ4v) is 2.44. The van der Waals surface area contributed by atoms with E-state index in [1.54, 1.807) is 0 Å². The summed E-state index contributed by atoms with van der Waals surface area (Å²) in [6, 6.07) is 10.6. The maximum Gasteiger partial charge on any atom is 0.124 e. The number of aryl methyl sites for hydroxylation is 1. The van der Waals surface area contributed by atoms with Crippen molar-refractivity contribution in [2.24, 2.45) is 0 Å². The molecule has 0 saturated carbocycles. The molecular weight excluding hydrogens is 363 g/mol. The topological polar surface area (TPSA) is 9.23 Å². The van der Waals surface area contributed by atoms with Crippen molar-refractivity contribution in [3.05, 3.63) is 62.3 Å². The number of halogens is 3. The fraction of sp³-hybridized carbons (Fsp3) is 0.143. The molecule has 0 atom stereocenters. The Morgan fingerprint density at radius 2 is 1.83 bits per heavy atom. The van der Waals surface area contributed by atoms with Crippen LogP contribution in [0.4, 0.5) is 4.39 Å². The van der Waals surface area contributed by atoms with Crippen molar-refractivity contribution >= 4 is 31.9 Å². The molecule has 0 aliphatic heterocycles. The summed E-state index contributed by atoms with van der Waals surface area (Å²) in [5, 5.41) is 0. The van der Waals surface area contributed by atoms with E-state index in [0.717, 1.165) is 21.3 Å². The van der Waals surface area contributed by atoms with Crippen LogP contribution in [0.1, 0.15) is 11.1 Å². The molecule has 0 saturated heterocycles. The summed E-state index contributed by atoms with van der Waals surface area (Å²) in [5.74, 6) is 0.527. The molecule has 0 bridgehead atoms. The minimum atomic E-state index is -0.270. The molecular formula is C14H11Br2FO. The van der Waals surface area contributed by atoms with E-state index in [9.17, 15) is 4.39 Å². The van der Waals surface area contributed by atoms with Gasteiger partial charge in [-0.25, -0.2) is 4.39 Å². The summed E-state index contributed by atoms with van der Waals surface area (Å²) in [7, 11) is 0. The highest BCUT2D eigenvalue weighted by Gasteiger charge is 2.03. The molecule has 0 radical (unpaired) electrons. The Hall–Kier alpha value is -0.870. The van der Waals surface area contributed by atoms with Crippen LogP contribution in [0.2, 0.25) is 0 Å². The van der Waals surface area contributed by atoms with Crippen LogP contribution in [0.5, 0.6) is 5.75 Å². The van der Waals surface area contributed by atoms with Gasteiger partial charge in [0.05, 0.1) is 0 Å². The second kappa shape index (κ2) is 5.85. The predicted molar refractivity (Wildman–Crippen MR) is 77.3 cm³/mol. The van der Waals surface area contributed by atoms with E-state index in [-0.39, 0.29) is 5.82 Å². The summed E-state index contributed by atoms with van der Waals surface area (Å²) in [5.41, 5.74) is 1.84. The molecule has 0 fully saturated rings. The average Bonchev–Trinajstić information content (AvgIpc) is 2.29. The molecule has 1 nitrogen and oxygen atoms in total. The summed E-state index contributed by atoms with van der Waals surface area (Å²) in [6.45, 7) is 2.32. The lowest BCUT2D eigenvalue weighted by molar-refractivity contribution is 0.303. The molecule has 0 amide bonds. The third-order valence-electron chi connectivity index (χ3n) is 2.47. The van der Waals surface area contributed by atoms with Gasteiger partial charge in [-0.3, -0.25) is 0 Å². The Balaban J connectivity index is 2.13. The van der Waals surface area contributed by atoms with Gasteiger partial charge >= 0.3 is 0 Å². The highest BCUT2D eigenvalue weighted by atomic mass is 79.9. The van der Waals surface area contributed by atoms with Crippen molar-refractivity contribution in [2.45, 2.75) is 13.5 Å². The molecule has 18 heavy (non-hydrogen) atoms. The first-order chi connectivity index (χ1) is 8.54. The van der Waals surface area contributed by atoms with Crippen LogP contribution in [0.3, 0.4) is 0 Å². The number of benzene rings is 2. The lowest BCUT2D eigenvalue weighted by Gasteiger charge is -2.10. The predicted octanol–water partition coefficient (Wildman–Crippen LogP) is 5.24. The van der Waals surface area contributed by atoms with Crippen LogP contribution < -0.4 is 4.74 Å². The van der Waals surface area contributed by atoms with Gasteiger partial charge in [-0.1, -0.05) is 37.9 Å². The van der Waals surface area contributed by atoms with Crippen molar-refractivity contribution < 1.29 is 9.13 Å². The summed E-state index contributed by atoms with van der Waals surface area (Å²) in [6.07, 6.45) is 0. The molecule has 0 aliphatic carbocycles. The molecule has 2 rings (SSSR count). The van der Waals surface area contributed by atoms with Gasteiger partial charge in [0.25, 0.3) is 0 Å². The highest BCUT2D eigenvalue weighted by molar-refractivity contribution is 9.10. The molecule has 94 valence electrons. The van der Waals surface area contributed by atoms with Crippen LogP contribution >= 0.6 is 31.9 Å². The second-order valence-electron chi connectivity index (χ2n) is 3.98. The Labute approximate surface area is 122 Å². The minimum Gasteiger partial charge on any atom is -0.489 e. The summed E-state index contributed by atoms with van der Waals surface area (Å²) < 4.78 is 20.6.